The summed E-state index contributed by atoms with van der Waals surface area (Å²) in [5.74, 6) is 0.251. The van der Waals surface area contributed by atoms with Crippen LogP contribution in [0.5, 0.6) is 0 Å². The first-order valence-electron chi connectivity index (χ1n) is 7.35. The van der Waals surface area contributed by atoms with Crippen LogP contribution in [-0.2, 0) is 17.9 Å². The number of nitrogens with two attached hydrogens (primary N) is 1. The highest BCUT2D eigenvalue weighted by Gasteiger charge is 2.19. The molecule has 1 fully saturated rings. The second-order valence-electron chi connectivity index (χ2n) is 5.73. The third-order valence-corrected chi connectivity index (χ3v) is 3.95. The molecule has 1 heterocycles. The molecule has 1 aromatic rings. The van der Waals surface area contributed by atoms with Crippen LogP contribution in [0.4, 0.5) is 0 Å². The molecule has 0 aliphatic carbocycles. The van der Waals surface area contributed by atoms with Crippen molar-refractivity contribution < 1.29 is 4.79 Å². The summed E-state index contributed by atoms with van der Waals surface area (Å²) >= 11 is 0. The van der Waals surface area contributed by atoms with Crippen LogP contribution < -0.4 is 5.73 Å². The molecule has 0 radical (unpaired) electrons. The summed E-state index contributed by atoms with van der Waals surface area (Å²) in [7, 11) is 2.00. The standard InChI is InChI=1S/C16H25N3O/c1-13-9-14(10-17)5-6-15(13)11-18(2)12-16(20)19-7-3-4-8-19/h5-6,9H,3-4,7-8,10-12,17H2,1-2H3. The number of carbonyl (C=O) groups is 1. The number of hydrogen-bond donors (Lipinski definition) is 1. The maximum Gasteiger partial charge on any atom is 0.236 e. The van der Waals surface area contributed by atoms with Crippen LogP contribution in [0.15, 0.2) is 18.2 Å². The Morgan fingerprint density at radius 1 is 1.35 bits per heavy atom. The van der Waals surface area contributed by atoms with Crippen LogP contribution in [-0.4, -0.2) is 42.4 Å². The lowest BCUT2D eigenvalue weighted by Crippen LogP contribution is -2.37. The fourth-order valence-electron chi connectivity index (χ4n) is 2.71. The van der Waals surface area contributed by atoms with Crippen LogP contribution in [0.25, 0.3) is 0 Å². The van der Waals surface area contributed by atoms with E-state index in [1.807, 2.05) is 11.9 Å². The Kier molecular flexibility index (Phi) is 5.15. The molecule has 110 valence electrons. The monoisotopic (exact) mass is 275 g/mol. The lowest BCUT2D eigenvalue weighted by Gasteiger charge is -2.22. The van der Waals surface area contributed by atoms with Gasteiger partial charge in [-0.25, -0.2) is 0 Å². The predicted octanol–water partition coefficient (Wildman–Crippen LogP) is 1.51. The van der Waals surface area contributed by atoms with Crippen LogP contribution in [0.2, 0.25) is 0 Å². The summed E-state index contributed by atoms with van der Waals surface area (Å²) in [6, 6.07) is 6.32. The summed E-state index contributed by atoms with van der Waals surface area (Å²) in [4.78, 5) is 16.2. The van der Waals surface area contributed by atoms with E-state index in [0.717, 1.165) is 38.0 Å². The molecule has 2 N–H and O–H groups in total. The van der Waals surface area contributed by atoms with Gasteiger partial charge >= 0.3 is 0 Å². The van der Waals surface area contributed by atoms with Gasteiger partial charge in [0, 0.05) is 26.2 Å². The SMILES string of the molecule is Cc1cc(CN)ccc1CN(C)CC(=O)N1CCCC1. The van der Waals surface area contributed by atoms with E-state index in [9.17, 15) is 4.79 Å². The van der Waals surface area contributed by atoms with Crippen LogP contribution in [0.3, 0.4) is 0 Å². The highest BCUT2D eigenvalue weighted by atomic mass is 16.2. The van der Waals surface area contributed by atoms with Gasteiger partial charge in [0.2, 0.25) is 5.91 Å². The summed E-state index contributed by atoms with van der Waals surface area (Å²) < 4.78 is 0. The van der Waals surface area contributed by atoms with Gasteiger partial charge in [0.25, 0.3) is 0 Å². The number of likely N-dealkylation sites (tertiary alicyclic amines) is 1. The van der Waals surface area contributed by atoms with E-state index < -0.39 is 0 Å². The highest BCUT2D eigenvalue weighted by molar-refractivity contribution is 5.78. The molecule has 4 heteroatoms. The van der Waals surface area contributed by atoms with Gasteiger partial charge in [-0.15, -0.1) is 0 Å². The zero-order valence-electron chi connectivity index (χ0n) is 12.6. The molecule has 1 aromatic carbocycles. The Labute approximate surface area is 121 Å². The van der Waals surface area contributed by atoms with Crippen LogP contribution in [0.1, 0.15) is 29.5 Å². The number of amides is 1. The molecular formula is C16H25N3O. The molecule has 0 saturated carbocycles. The van der Waals surface area contributed by atoms with Gasteiger partial charge in [0.15, 0.2) is 0 Å². The third kappa shape index (κ3) is 3.81. The highest BCUT2D eigenvalue weighted by Crippen LogP contribution is 2.13. The number of rotatable bonds is 5. The Morgan fingerprint density at radius 3 is 2.65 bits per heavy atom. The van der Waals surface area contributed by atoms with Gasteiger partial charge in [-0.1, -0.05) is 18.2 Å². The van der Waals surface area contributed by atoms with Crippen molar-refractivity contribution in [1.82, 2.24) is 9.80 Å². The molecule has 0 atom stereocenters. The lowest BCUT2D eigenvalue weighted by molar-refractivity contribution is -0.131. The van der Waals surface area contributed by atoms with E-state index in [0.29, 0.717) is 13.1 Å². The molecule has 4 nitrogen and oxygen atoms in total. The molecule has 1 aliphatic rings. The normalized spacial score (nSPS) is 15.1. The van der Waals surface area contributed by atoms with Crippen molar-refractivity contribution in [2.75, 3.05) is 26.7 Å². The van der Waals surface area contributed by atoms with E-state index in [1.165, 1.54) is 11.1 Å². The fraction of sp³-hybridized carbons (Fsp3) is 0.562. The summed E-state index contributed by atoms with van der Waals surface area (Å²) in [5, 5.41) is 0. The number of aryl methyl sites for hydroxylation is 1. The zero-order valence-corrected chi connectivity index (χ0v) is 12.6. The third-order valence-electron chi connectivity index (χ3n) is 3.95. The summed E-state index contributed by atoms with van der Waals surface area (Å²) in [5.41, 5.74) is 9.31. The fourth-order valence-corrected chi connectivity index (χ4v) is 2.71. The first-order valence-corrected chi connectivity index (χ1v) is 7.35. The molecule has 0 spiro atoms. The van der Waals surface area contributed by atoms with Gasteiger partial charge < -0.3 is 10.6 Å². The largest absolute Gasteiger partial charge is 0.342 e. The number of carbonyl (C=O) groups excluding carboxylic acids is 1. The van der Waals surface area contributed by atoms with Gasteiger partial charge in [0.05, 0.1) is 6.54 Å². The first kappa shape index (κ1) is 15.0. The van der Waals surface area contributed by atoms with Crippen molar-refractivity contribution in [2.24, 2.45) is 5.73 Å². The average Bonchev–Trinajstić information content (AvgIpc) is 2.95. The van der Waals surface area contributed by atoms with Crippen molar-refractivity contribution in [3.8, 4) is 0 Å². The van der Waals surface area contributed by atoms with E-state index in [-0.39, 0.29) is 5.91 Å². The maximum atomic E-state index is 12.1. The number of nitrogens with zero attached hydrogens (tertiary/aromatic N) is 2. The van der Waals surface area contributed by atoms with Crippen molar-refractivity contribution in [3.63, 3.8) is 0 Å². The number of likely N-dealkylation sites (N-methyl/N-ethyl adjacent to an activating group) is 1. The molecule has 0 bridgehead atoms. The average molecular weight is 275 g/mol. The van der Waals surface area contributed by atoms with Crippen molar-refractivity contribution in [2.45, 2.75) is 32.9 Å². The van der Waals surface area contributed by atoms with E-state index >= 15 is 0 Å². The minimum atomic E-state index is 0.251. The second-order valence-corrected chi connectivity index (χ2v) is 5.73. The quantitative estimate of drug-likeness (QED) is 0.886. The maximum absolute atomic E-state index is 12.1. The Hall–Kier alpha value is -1.39. The molecule has 1 amide bonds. The zero-order chi connectivity index (χ0) is 14.5. The molecule has 20 heavy (non-hydrogen) atoms. The lowest BCUT2D eigenvalue weighted by atomic mass is 10.0. The second kappa shape index (κ2) is 6.86. The molecule has 0 unspecified atom stereocenters. The van der Waals surface area contributed by atoms with Crippen molar-refractivity contribution in [3.05, 3.63) is 34.9 Å². The van der Waals surface area contributed by atoms with E-state index in [4.69, 9.17) is 5.73 Å². The Balaban J connectivity index is 1.90. The summed E-state index contributed by atoms with van der Waals surface area (Å²) in [6.45, 7) is 5.83. The smallest absolute Gasteiger partial charge is 0.236 e. The number of benzene rings is 1. The van der Waals surface area contributed by atoms with Gasteiger partial charge in [0.1, 0.15) is 0 Å². The van der Waals surface area contributed by atoms with E-state index in [1.54, 1.807) is 0 Å². The number of hydrogen-bond acceptors (Lipinski definition) is 3. The van der Waals surface area contributed by atoms with E-state index in [2.05, 4.69) is 30.0 Å². The summed E-state index contributed by atoms with van der Waals surface area (Å²) in [6.07, 6.45) is 2.30. The topological polar surface area (TPSA) is 49.6 Å². The Morgan fingerprint density at radius 2 is 2.05 bits per heavy atom. The van der Waals surface area contributed by atoms with Crippen molar-refractivity contribution >= 4 is 5.91 Å². The molecule has 1 saturated heterocycles. The predicted molar refractivity (Wildman–Crippen MR) is 81.2 cm³/mol. The first-order chi connectivity index (χ1) is 9.60. The van der Waals surface area contributed by atoms with Crippen LogP contribution in [0, 0.1) is 6.92 Å². The van der Waals surface area contributed by atoms with Gasteiger partial charge in [-0.2, -0.15) is 0 Å². The molecule has 1 aliphatic heterocycles. The molecule has 2 rings (SSSR count). The van der Waals surface area contributed by atoms with Crippen LogP contribution >= 0.6 is 0 Å². The minimum absolute atomic E-state index is 0.251. The molecule has 0 aromatic heterocycles. The Bertz CT molecular complexity index is 467. The van der Waals surface area contributed by atoms with Crippen molar-refractivity contribution in [1.29, 1.82) is 0 Å². The minimum Gasteiger partial charge on any atom is -0.342 e. The molecular weight excluding hydrogens is 250 g/mol. The van der Waals surface area contributed by atoms with Gasteiger partial charge in [-0.05, 0) is 43.5 Å². The van der Waals surface area contributed by atoms with Gasteiger partial charge in [-0.3, -0.25) is 9.69 Å².